The number of amides is 1. The van der Waals surface area contributed by atoms with E-state index in [2.05, 4.69) is 19.1 Å². The van der Waals surface area contributed by atoms with E-state index in [-0.39, 0.29) is 18.7 Å². The molecule has 7 nitrogen and oxygen atoms in total. The van der Waals surface area contributed by atoms with Gasteiger partial charge in [-0.15, -0.1) is 0 Å². The second-order valence-corrected chi connectivity index (χ2v) is 10.7. The minimum atomic E-state index is -1.43. The highest BCUT2D eigenvalue weighted by atomic mass is 16.5. The minimum Gasteiger partial charge on any atom is -0.468 e. The second kappa shape index (κ2) is 10.8. The third-order valence-corrected chi connectivity index (χ3v) is 8.58. The summed E-state index contributed by atoms with van der Waals surface area (Å²) >= 11 is 0. The molecule has 1 amide bonds. The number of fused-ring (bicyclic) bond motifs is 2. The molecular formula is C32H35BN2O5. The first-order chi connectivity index (χ1) is 19.3. The molecular weight excluding hydrogens is 503 g/mol. The molecule has 0 aromatic heterocycles. The van der Waals surface area contributed by atoms with Crippen LogP contribution in [0.5, 0.6) is 0 Å². The van der Waals surface area contributed by atoms with E-state index in [1.165, 1.54) is 14.2 Å². The van der Waals surface area contributed by atoms with Crippen LogP contribution in [0.4, 0.5) is 11.4 Å². The lowest BCUT2D eigenvalue weighted by Crippen LogP contribution is -2.61. The number of nitrogens with one attached hydrogen (secondary N) is 1. The summed E-state index contributed by atoms with van der Waals surface area (Å²) < 4.78 is 10.3. The summed E-state index contributed by atoms with van der Waals surface area (Å²) in [5.41, 5.74) is 6.90. The van der Waals surface area contributed by atoms with Crippen LogP contribution in [0.3, 0.4) is 0 Å². The molecule has 1 aliphatic carbocycles. The lowest BCUT2D eigenvalue weighted by molar-refractivity contribution is -0.168. The molecule has 8 heteroatoms. The Bertz CT molecular complexity index is 1470. The van der Waals surface area contributed by atoms with Gasteiger partial charge < -0.3 is 19.5 Å². The Kier molecular flexibility index (Phi) is 7.45. The number of carbonyl (C=O) groups is 3. The summed E-state index contributed by atoms with van der Waals surface area (Å²) in [6.07, 6.45) is 3.21. The van der Waals surface area contributed by atoms with Crippen LogP contribution < -0.4 is 15.5 Å². The smallest absolute Gasteiger partial charge is 0.416 e. The predicted molar refractivity (Wildman–Crippen MR) is 157 cm³/mol. The first kappa shape index (κ1) is 27.5. The Morgan fingerprint density at radius 3 is 2.15 bits per heavy atom. The lowest BCUT2D eigenvalue weighted by atomic mass is 9.58. The van der Waals surface area contributed by atoms with Crippen LogP contribution >= 0.6 is 0 Å². The second-order valence-electron chi connectivity index (χ2n) is 10.7. The maximum Gasteiger partial charge on any atom is 0.416 e. The average molecular weight is 538 g/mol. The van der Waals surface area contributed by atoms with Crippen LogP contribution in [0.15, 0.2) is 54.6 Å². The van der Waals surface area contributed by atoms with Crippen LogP contribution in [0.25, 0.3) is 0 Å². The van der Waals surface area contributed by atoms with Gasteiger partial charge in [0.1, 0.15) is 0 Å². The van der Waals surface area contributed by atoms with Crippen molar-refractivity contribution in [3.8, 4) is 0 Å². The van der Waals surface area contributed by atoms with Crippen LogP contribution in [-0.4, -0.2) is 39.0 Å². The summed E-state index contributed by atoms with van der Waals surface area (Å²) in [5.74, 6) is -1.25. The molecule has 1 N–H and O–H groups in total. The normalized spacial score (nSPS) is 15.3. The number of benzene rings is 3. The Balaban J connectivity index is 1.75. The molecule has 1 aliphatic heterocycles. The largest absolute Gasteiger partial charge is 0.468 e. The van der Waals surface area contributed by atoms with E-state index in [0.717, 1.165) is 63.9 Å². The number of esters is 2. The first-order valence-electron chi connectivity index (χ1n) is 13.8. The maximum absolute atomic E-state index is 14.1. The van der Waals surface area contributed by atoms with Gasteiger partial charge in [-0.05, 0) is 84.2 Å². The van der Waals surface area contributed by atoms with Crippen molar-refractivity contribution >= 4 is 41.7 Å². The number of rotatable bonds is 7. The number of nitrogens with zero attached hydrogens (tertiary/aromatic N) is 1. The van der Waals surface area contributed by atoms with Gasteiger partial charge in [-0.25, -0.2) is 0 Å². The van der Waals surface area contributed by atoms with Crippen LogP contribution in [-0.2, 0) is 38.3 Å². The van der Waals surface area contributed by atoms with Gasteiger partial charge in [0.05, 0.1) is 19.8 Å². The molecule has 1 heterocycles. The molecule has 0 bridgehead atoms. The van der Waals surface area contributed by atoms with Gasteiger partial charge >= 0.3 is 18.9 Å². The van der Waals surface area contributed by atoms with E-state index >= 15 is 0 Å². The third kappa shape index (κ3) is 4.26. The van der Waals surface area contributed by atoms with Gasteiger partial charge in [0.25, 0.3) is 0 Å². The highest BCUT2D eigenvalue weighted by molar-refractivity contribution is 6.84. The van der Waals surface area contributed by atoms with Crippen LogP contribution in [0.2, 0.25) is 0 Å². The molecule has 2 aliphatic rings. The zero-order chi connectivity index (χ0) is 28.6. The van der Waals surface area contributed by atoms with Crippen molar-refractivity contribution < 1.29 is 23.9 Å². The van der Waals surface area contributed by atoms with E-state index in [4.69, 9.17) is 9.47 Å². The fourth-order valence-corrected chi connectivity index (χ4v) is 6.49. The fourth-order valence-electron chi connectivity index (χ4n) is 6.49. The number of hydrogen-bond acceptors (Lipinski definition) is 6. The van der Waals surface area contributed by atoms with E-state index in [1.54, 1.807) is 0 Å². The number of hydrogen-bond donors (Lipinski definition) is 1. The average Bonchev–Trinajstić information content (AvgIpc) is 3.40. The highest BCUT2D eigenvalue weighted by Gasteiger charge is 2.54. The fraction of sp³-hybridized carbons (Fsp3) is 0.344. The molecule has 0 spiro atoms. The number of anilines is 2. The zero-order valence-corrected chi connectivity index (χ0v) is 23.8. The van der Waals surface area contributed by atoms with Crippen molar-refractivity contribution in [1.82, 2.24) is 0 Å². The monoisotopic (exact) mass is 538 g/mol. The van der Waals surface area contributed by atoms with Gasteiger partial charge in [0, 0.05) is 24.2 Å². The number of carbonyl (C=O) groups excluding carboxylic acids is 3. The van der Waals surface area contributed by atoms with Crippen molar-refractivity contribution in [3.63, 3.8) is 0 Å². The summed E-state index contributed by atoms with van der Waals surface area (Å²) in [5, 5.41) is 3.68. The van der Waals surface area contributed by atoms with Gasteiger partial charge in [-0.3, -0.25) is 14.4 Å². The molecule has 5 rings (SSSR count). The standard InChI is InChI=1S/C32H35BN2O5/c1-6-7-15-23-20(2)25-18-32(30(37)39-4,31(38)40-5)19-26(25)21(3)28(23)33-34-27-17-12-11-16-24(27)29(36)35(33)22-13-9-8-10-14-22/h8-14,16-17,34H,6-7,15,18-19H2,1-5H3. The number of methoxy groups -OCH3 is 2. The highest BCUT2D eigenvalue weighted by Crippen LogP contribution is 2.43. The molecule has 0 saturated carbocycles. The number of unbranched alkanes of at least 4 members (excludes halogenated alkanes) is 1. The van der Waals surface area contributed by atoms with Crippen molar-refractivity contribution in [2.75, 3.05) is 24.3 Å². The Hall–Kier alpha value is -4.07. The van der Waals surface area contributed by atoms with Crippen LogP contribution in [0.1, 0.15) is 57.9 Å². The summed E-state index contributed by atoms with van der Waals surface area (Å²) in [6.45, 7) is 5.79. The molecule has 0 atom stereocenters. The lowest BCUT2D eigenvalue weighted by Gasteiger charge is -2.38. The minimum absolute atomic E-state index is 0.0805. The van der Waals surface area contributed by atoms with E-state index < -0.39 is 24.3 Å². The maximum atomic E-state index is 14.1. The number of ether oxygens (including phenoxy) is 2. The summed E-state index contributed by atoms with van der Waals surface area (Å²) in [7, 11) is 2.61. The third-order valence-electron chi connectivity index (χ3n) is 8.58. The summed E-state index contributed by atoms with van der Waals surface area (Å²) in [6, 6.07) is 17.3. The van der Waals surface area contributed by atoms with Gasteiger partial charge in [0.15, 0.2) is 5.41 Å². The summed E-state index contributed by atoms with van der Waals surface area (Å²) in [4.78, 5) is 42.1. The van der Waals surface area contributed by atoms with Crippen molar-refractivity contribution in [2.45, 2.75) is 52.9 Å². The van der Waals surface area contributed by atoms with Crippen LogP contribution in [0, 0.1) is 19.3 Å². The van der Waals surface area contributed by atoms with E-state index in [0.29, 0.717) is 5.56 Å². The molecule has 0 radical (unpaired) electrons. The van der Waals surface area contributed by atoms with Crippen molar-refractivity contribution in [2.24, 2.45) is 5.41 Å². The molecule has 40 heavy (non-hydrogen) atoms. The Labute approximate surface area is 236 Å². The van der Waals surface area contributed by atoms with Gasteiger partial charge in [-0.2, -0.15) is 0 Å². The van der Waals surface area contributed by atoms with Crippen molar-refractivity contribution in [3.05, 3.63) is 88.0 Å². The molecule has 0 fully saturated rings. The number of para-hydroxylation sites is 2. The first-order valence-corrected chi connectivity index (χ1v) is 13.8. The zero-order valence-electron chi connectivity index (χ0n) is 23.8. The SMILES string of the molecule is CCCCc1c(C)c2c(c(C)c1B1Nc3ccccc3C(=O)N1c1ccccc1)CC(C(=O)OC)(C(=O)OC)C2. The molecule has 0 saturated heterocycles. The van der Waals surface area contributed by atoms with E-state index in [9.17, 15) is 14.4 Å². The molecule has 3 aromatic rings. The van der Waals surface area contributed by atoms with Crippen molar-refractivity contribution in [1.29, 1.82) is 0 Å². The van der Waals surface area contributed by atoms with Gasteiger partial charge in [0.2, 0.25) is 5.91 Å². The molecule has 206 valence electrons. The quantitative estimate of drug-likeness (QED) is 0.270. The molecule has 3 aromatic carbocycles. The van der Waals surface area contributed by atoms with Gasteiger partial charge in [-0.1, -0.05) is 43.7 Å². The topological polar surface area (TPSA) is 84.9 Å². The molecule has 0 unspecified atom stereocenters. The Morgan fingerprint density at radius 1 is 0.925 bits per heavy atom. The van der Waals surface area contributed by atoms with E-state index in [1.807, 2.05) is 66.3 Å². The Morgan fingerprint density at radius 2 is 1.52 bits per heavy atom. The predicted octanol–water partition coefficient (Wildman–Crippen LogP) is 4.54.